The largest absolute Gasteiger partial charge is 0.468 e. The molecule has 0 aromatic carbocycles. The van der Waals surface area contributed by atoms with Crippen LogP contribution in [0.25, 0.3) is 0 Å². The lowest BCUT2D eigenvalue weighted by Gasteiger charge is -2.28. The number of likely N-dealkylation sites (tertiary alicyclic amines) is 1. The average molecular weight is 227 g/mol. The van der Waals surface area contributed by atoms with E-state index in [2.05, 4.69) is 11.8 Å². The smallest absolute Gasteiger partial charge is 0.323 e. The molecule has 0 saturated carbocycles. The molecule has 1 fully saturated rings. The average Bonchev–Trinajstić information content (AvgIpc) is 2.58. The van der Waals surface area contributed by atoms with Crippen molar-refractivity contribution in [2.24, 2.45) is 0 Å². The van der Waals surface area contributed by atoms with Crippen LogP contribution >= 0.6 is 0 Å². The first-order chi connectivity index (χ1) is 7.79. The highest BCUT2D eigenvalue weighted by Crippen LogP contribution is 2.17. The summed E-state index contributed by atoms with van der Waals surface area (Å²) >= 11 is 0. The number of carbonyl (C=O) groups excluding carboxylic acids is 1. The molecule has 1 heterocycles. The van der Waals surface area contributed by atoms with Gasteiger partial charge >= 0.3 is 5.97 Å². The molecule has 0 amide bonds. The van der Waals surface area contributed by atoms with E-state index in [1.807, 2.05) is 0 Å². The normalized spacial score (nSPS) is 20.1. The summed E-state index contributed by atoms with van der Waals surface area (Å²) in [7, 11) is 1.50. The Morgan fingerprint density at radius 1 is 1.25 bits per heavy atom. The van der Waals surface area contributed by atoms with Crippen LogP contribution < -0.4 is 0 Å². The van der Waals surface area contributed by atoms with Gasteiger partial charge in [-0.2, -0.15) is 0 Å². The number of nitrogens with zero attached hydrogens (tertiary/aromatic N) is 1. The Morgan fingerprint density at radius 2 is 1.88 bits per heavy atom. The first-order valence-corrected chi connectivity index (χ1v) is 6.61. The standard InChI is InChI=1S/C13H25NO2/c1-3-4-9-12(13(15)16-2)14-10-7-5-6-8-11-14/h12H,3-11H2,1-2H3. The van der Waals surface area contributed by atoms with E-state index in [-0.39, 0.29) is 12.0 Å². The van der Waals surface area contributed by atoms with Crippen molar-refractivity contribution in [3.05, 3.63) is 0 Å². The summed E-state index contributed by atoms with van der Waals surface area (Å²) in [5, 5.41) is 0. The van der Waals surface area contributed by atoms with E-state index in [0.717, 1.165) is 32.4 Å². The Hall–Kier alpha value is -0.570. The molecule has 1 aliphatic rings. The Balaban J connectivity index is 2.54. The molecular weight excluding hydrogens is 202 g/mol. The van der Waals surface area contributed by atoms with Gasteiger partial charge in [-0.25, -0.2) is 0 Å². The highest BCUT2D eigenvalue weighted by Gasteiger charge is 2.26. The van der Waals surface area contributed by atoms with Gasteiger partial charge in [-0.3, -0.25) is 9.69 Å². The van der Waals surface area contributed by atoms with Crippen LogP contribution in [0.5, 0.6) is 0 Å². The lowest BCUT2D eigenvalue weighted by atomic mass is 10.1. The van der Waals surface area contributed by atoms with Crippen molar-refractivity contribution in [3.63, 3.8) is 0 Å². The molecule has 0 spiro atoms. The third kappa shape index (κ3) is 4.12. The van der Waals surface area contributed by atoms with Crippen molar-refractivity contribution in [1.29, 1.82) is 0 Å². The lowest BCUT2D eigenvalue weighted by molar-refractivity contribution is -0.147. The predicted octanol–water partition coefficient (Wildman–Crippen LogP) is 2.59. The van der Waals surface area contributed by atoms with E-state index in [0.29, 0.717) is 0 Å². The molecule has 0 aromatic heterocycles. The quantitative estimate of drug-likeness (QED) is 0.676. The predicted molar refractivity (Wildman–Crippen MR) is 65.4 cm³/mol. The van der Waals surface area contributed by atoms with Gasteiger partial charge in [0.1, 0.15) is 6.04 Å². The first-order valence-electron chi connectivity index (χ1n) is 6.61. The van der Waals surface area contributed by atoms with Gasteiger partial charge in [-0.05, 0) is 32.4 Å². The van der Waals surface area contributed by atoms with E-state index in [4.69, 9.17) is 4.74 Å². The van der Waals surface area contributed by atoms with Gasteiger partial charge in [-0.1, -0.05) is 32.6 Å². The van der Waals surface area contributed by atoms with Gasteiger partial charge < -0.3 is 4.74 Å². The second-order valence-electron chi connectivity index (χ2n) is 4.63. The number of unbranched alkanes of at least 4 members (excludes halogenated alkanes) is 1. The fourth-order valence-electron chi connectivity index (χ4n) is 2.39. The van der Waals surface area contributed by atoms with Crippen LogP contribution in [0.4, 0.5) is 0 Å². The maximum Gasteiger partial charge on any atom is 0.323 e. The van der Waals surface area contributed by atoms with Gasteiger partial charge in [0.2, 0.25) is 0 Å². The van der Waals surface area contributed by atoms with Crippen LogP contribution in [-0.4, -0.2) is 37.1 Å². The van der Waals surface area contributed by atoms with Crippen molar-refractivity contribution in [3.8, 4) is 0 Å². The van der Waals surface area contributed by atoms with Crippen LogP contribution in [-0.2, 0) is 9.53 Å². The molecule has 0 aliphatic carbocycles. The van der Waals surface area contributed by atoms with Crippen LogP contribution in [0.15, 0.2) is 0 Å². The minimum absolute atomic E-state index is 0.00282. The SMILES string of the molecule is CCCCC(C(=O)OC)N1CCCCCC1. The molecule has 0 bridgehead atoms. The molecule has 1 saturated heterocycles. The van der Waals surface area contributed by atoms with Gasteiger partial charge in [0.25, 0.3) is 0 Å². The van der Waals surface area contributed by atoms with Crippen LogP contribution in [0.3, 0.4) is 0 Å². The van der Waals surface area contributed by atoms with Crippen LogP contribution in [0.1, 0.15) is 51.9 Å². The zero-order chi connectivity index (χ0) is 11.8. The first kappa shape index (κ1) is 13.5. The minimum atomic E-state index is -0.0460. The van der Waals surface area contributed by atoms with E-state index < -0.39 is 0 Å². The lowest BCUT2D eigenvalue weighted by Crippen LogP contribution is -2.42. The molecule has 0 radical (unpaired) electrons. The second-order valence-corrected chi connectivity index (χ2v) is 4.63. The fourth-order valence-corrected chi connectivity index (χ4v) is 2.39. The summed E-state index contributed by atoms with van der Waals surface area (Å²) in [6.07, 6.45) is 8.25. The molecule has 1 unspecified atom stereocenters. The van der Waals surface area contributed by atoms with Crippen molar-refractivity contribution in [2.45, 2.75) is 57.9 Å². The maximum atomic E-state index is 11.8. The molecule has 0 aromatic rings. The number of hydrogen-bond donors (Lipinski definition) is 0. The molecule has 16 heavy (non-hydrogen) atoms. The molecular formula is C13H25NO2. The summed E-state index contributed by atoms with van der Waals surface area (Å²) in [5.74, 6) is -0.0460. The molecule has 94 valence electrons. The summed E-state index contributed by atoms with van der Waals surface area (Å²) in [5.41, 5.74) is 0. The summed E-state index contributed by atoms with van der Waals surface area (Å²) in [6, 6.07) is 0.00282. The highest BCUT2D eigenvalue weighted by molar-refractivity contribution is 5.75. The van der Waals surface area contributed by atoms with E-state index in [1.54, 1.807) is 0 Å². The highest BCUT2D eigenvalue weighted by atomic mass is 16.5. The molecule has 1 aliphatic heterocycles. The third-order valence-corrected chi connectivity index (χ3v) is 3.39. The van der Waals surface area contributed by atoms with E-state index in [1.165, 1.54) is 32.8 Å². The van der Waals surface area contributed by atoms with E-state index >= 15 is 0 Å². The van der Waals surface area contributed by atoms with Crippen molar-refractivity contribution in [2.75, 3.05) is 20.2 Å². The molecule has 3 nitrogen and oxygen atoms in total. The minimum Gasteiger partial charge on any atom is -0.468 e. The Morgan fingerprint density at radius 3 is 2.38 bits per heavy atom. The number of carbonyl (C=O) groups is 1. The van der Waals surface area contributed by atoms with E-state index in [9.17, 15) is 4.79 Å². The van der Waals surface area contributed by atoms with Gasteiger partial charge in [-0.15, -0.1) is 0 Å². The molecule has 1 atom stereocenters. The second kappa shape index (κ2) is 7.66. The third-order valence-electron chi connectivity index (χ3n) is 3.39. The van der Waals surface area contributed by atoms with Crippen molar-refractivity contribution >= 4 is 5.97 Å². The number of esters is 1. The zero-order valence-electron chi connectivity index (χ0n) is 10.7. The zero-order valence-corrected chi connectivity index (χ0v) is 10.7. The Bertz CT molecular complexity index is 198. The summed E-state index contributed by atoms with van der Waals surface area (Å²) < 4.78 is 4.92. The maximum absolute atomic E-state index is 11.8. The Labute approximate surface area is 99.1 Å². The Kier molecular flexibility index (Phi) is 6.46. The van der Waals surface area contributed by atoms with Crippen LogP contribution in [0.2, 0.25) is 0 Å². The van der Waals surface area contributed by atoms with Gasteiger partial charge in [0, 0.05) is 0 Å². The van der Waals surface area contributed by atoms with Gasteiger partial charge in [0.15, 0.2) is 0 Å². The number of methoxy groups -OCH3 is 1. The number of hydrogen-bond acceptors (Lipinski definition) is 3. The monoisotopic (exact) mass is 227 g/mol. The fraction of sp³-hybridized carbons (Fsp3) is 0.923. The summed E-state index contributed by atoms with van der Waals surface area (Å²) in [4.78, 5) is 14.1. The topological polar surface area (TPSA) is 29.5 Å². The van der Waals surface area contributed by atoms with Crippen LogP contribution in [0, 0.1) is 0 Å². The van der Waals surface area contributed by atoms with Gasteiger partial charge in [0.05, 0.1) is 7.11 Å². The molecule has 1 rings (SSSR count). The molecule has 0 N–H and O–H groups in total. The van der Waals surface area contributed by atoms with Crippen molar-refractivity contribution < 1.29 is 9.53 Å². The number of rotatable bonds is 5. The number of ether oxygens (including phenoxy) is 1. The summed E-state index contributed by atoms with van der Waals surface area (Å²) in [6.45, 7) is 4.28. The molecule has 3 heteroatoms. The van der Waals surface area contributed by atoms with Crippen molar-refractivity contribution in [1.82, 2.24) is 4.90 Å².